The van der Waals surface area contributed by atoms with Crippen molar-refractivity contribution in [3.05, 3.63) is 35.9 Å². The van der Waals surface area contributed by atoms with Crippen molar-refractivity contribution in [2.24, 2.45) is 5.92 Å². The van der Waals surface area contributed by atoms with Crippen molar-refractivity contribution >= 4 is 11.9 Å². The van der Waals surface area contributed by atoms with E-state index in [4.69, 9.17) is 5.11 Å². The molecule has 1 unspecified atom stereocenters. The van der Waals surface area contributed by atoms with E-state index in [1.165, 1.54) is 0 Å². The summed E-state index contributed by atoms with van der Waals surface area (Å²) in [6, 6.07) is 8.77. The van der Waals surface area contributed by atoms with E-state index >= 15 is 0 Å². The van der Waals surface area contributed by atoms with E-state index in [0.717, 1.165) is 18.4 Å². The number of hydrogen-bond acceptors (Lipinski definition) is 2. The number of nitrogens with one attached hydrogen (secondary N) is 1. The van der Waals surface area contributed by atoms with Gasteiger partial charge in [0.2, 0.25) is 5.91 Å². The summed E-state index contributed by atoms with van der Waals surface area (Å²) in [7, 11) is 0. The minimum atomic E-state index is -0.915. The highest BCUT2D eigenvalue weighted by molar-refractivity contribution is 5.78. The number of rotatable bonds is 8. The minimum Gasteiger partial charge on any atom is -0.481 e. The van der Waals surface area contributed by atoms with Gasteiger partial charge in [0, 0.05) is 6.42 Å². The van der Waals surface area contributed by atoms with Crippen molar-refractivity contribution in [3.8, 4) is 0 Å². The third-order valence-electron chi connectivity index (χ3n) is 3.54. The molecule has 0 saturated carbocycles. The van der Waals surface area contributed by atoms with Gasteiger partial charge in [-0.3, -0.25) is 9.59 Å². The zero-order chi connectivity index (χ0) is 15.0. The molecule has 4 nitrogen and oxygen atoms in total. The van der Waals surface area contributed by atoms with Crippen molar-refractivity contribution < 1.29 is 14.7 Å². The summed E-state index contributed by atoms with van der Waals surface area (Å²) >= 11 is 0. The van der Waals surface area contributed by atoms with Crippen LogP contribution < -0.4 is 5.32 Å². The van der Waals surface area contributed by atoms with Gasteiger partial charge in [0.15, 0.2) is 0 Å². The predicted octanol–water partition coefficient (Wildman–Crippen LogP) is 3.14. The molecule has 0 radical (unpaired) electrons. The third kappa shape index (κ3) is 5.43. The second-order valence-corrected chi connectivity index (χ2v) is 5.02. The molecule has 0 aliphatic carbocycles. The van der Waals surface area contributed by atoms with Crippen molar-refractivity contribution in [1.29, 1.82) is 0 Å². The van der Waals surface area contributed by atoms with Crippen LogP contribution in [-0.4, -0.2) is 17.0 Å². The Hall–Kier alpha value is -1.84. The van der Waals surface area contributed by atoms with Gasteiger partial charge in [-0.25, -0.2) is 0 Å². The molecular formula is C16H23NO3. The summed E-state index contributed by atoms with van der Waals surface area (Å²) in [6.45, 7) is 4.13. The normalized spacial score (nSPS) is 12.2. The highest BCUT2D eigenvalue weighted by atomic mass is 16.4. The Kier molecular flexibility index (Phi) is 6.77. The van der Waals surface area contributed by atoms with Crippen LogP contribution in [0.25, 0.3) is 0 Å². The lowest BCUT2D eigenvalue weighted by molar-refractivity contribution is -0.137. The molecule has 1 atom stereocenters. The van der Waals surface area contributed by atoms with Gasteiger partial charge in [0.1, 0.15) is 0 Å². The molecule has 0 bridgehead atoms. The van der Waals surface area contributed by atoms with Gasteiger partial charge in [-0.1, -0.05) is 57.0 Å². The van der Waals surface area contributed by atoms with Crippen LogP contribution in [0.3, 0.4) is 0 Å². The van der Waals surface area contributed by atoms with E-state index in [1.807, 2.05) is 30.3 Å². The zero-order valence-electron chi connectivity index (χ0n) is 12.1. The Balaban J connectivity index is 2.70. The highest BCUT2D eigenvalue weighted by Gasteiger charge is 2.19. The fourth-order valence-corrected chi connectivity index (χ4v) is 2.20. The minimum absolute atomic E-state index is 0.0752. The van der Waals surface area contributed by atoms with Gasteiger partial charge in [0.25, 0.3) is 0 Å². The molecule has 1 rings (SSSR count). The van der Waals surface area contributed by atoms with Crippen molar-refractivity contribution in [1.82, 2.24) is 5.32 Å². The molecule has 1 aromatic rings. The van der Waals surface area contributed by atoms with Crippen molar-refractivity contribution in [3.63, 3.8) is 0 Å². The Morgan fingerprint density at radius 1 is 1.10 bits per heavy atom. The number of carboxylic acids is 1. The Labute approximate surface area is 120 Å². The van der Waals surface area contributed by atoms with Crippen LogP contribution in [0.5, 0.6) is 0 Å². The summed E-state index contributed by atoms with van der Waals surface area (Å²) < 4.78 is 0. The van der Waals surface area contributed by atoms with E-state index < -0.39 is 12.0 Å². The predicted molar refractivity (Wildman–Crippen MR) is 78.3 cm³/mol. The Bertz CT molecular complexity index is 427. The van der Waals surface area contributed by atoms with Crippen LogP contribution in [0.2, 0.25) is 0 Å². The quantitative estimate of drug-likeness (QED) is 0.767. The molecule has 0 saturated heterocycles. The number of aliphatic carboxylic acids is 1. The summed E-state index contributed by atoms with van der Waals surface area (Å²) in [6.07, 6.45) is 2.27. The zero-order valence-corrected chi connectivity index (χ0v) is 12.1. The first kappa shape index (κ1) is 16.2. The topological polar surface area (TPSA) is 66.4 Å². The molecule has 110 valence electrons. The lowest BCUT2D eigenvalue weighted by atomic mass is 9.98. The number of carbonyl (C=O) groups excluding carboxylic acids is 1. The van der Waals surface area contributed by atoms with Crippen molar-refractivity contribution in [2.75, 3.05) is 0 Å². The van der Waals surface area contributed by atoms with Crippen LogP contribution in [0.15, 0.2) is 30.3 Å². The number of benzene rings is 1. The first-order valence-electron chi connectivity index (χ1n) is 7.12. The van der Waals surface area contributed by atoms with Crippen molar-refractivity contribution in [2.45, 2.75) is 45.6 Å². The first-order valence-corrected chi connectivity index (χ1v) is 7.12. The van der Waals surface area contributed by atoms with Crippen LogP contribution in [0.1, 0.15) is 51.1 Å². The number of hydrogen-bond donors (Lipinski definition) is 2. The lowest BCUT2D eigenvalue weighted by Gasteiger charge is -2.19. The molecule has 1 aromatic carbocycles. The second kappa shape index (κ2) is 8.35. The molecule has 0 heterocycles. The average Bonchev–Trinajstić information content (AvgIpc) is 2.44. The number of carboxylic acid groups (broad SMARTS) is 1. The molecule has 0 aliphatic rings. The van der Waals surface area contributed by atoms with Crippen LogP contribution in [0.4, 0.5) is 0 Å². The molecule has 0 fully saturated rings. The van der Waals surface area contributed by atoms with Crippen LogP contribution in [-0.2, 0) is 9.59 Å². The van der Waals surface area contributed by atoms with Crippen LogP contribution >= 0.6 is 0 Å². The SMILES string of the molecule is CCC(CC)CC(=O)NC(CC(=O)O)c1ccccc1. The summed E-state index contributed by atoms with van der Waals surface area (Å²) in [4.78, 5) is 23.0. The number of carbonyl (C=O) groups is 2. The molecule has 1 amide bonds. The maximum Gasteiger partial charge on any atom is 0.305 e. The molecule has 0 aliphatic heterocycles. The molecular weight excluding hydrogens is 254 g/mol. The van der Waals surface area contributed by atoms with Crippen LogP contribution in [0, 0.1) is 5.92 Å². The van der Waals surface area contributed by atoms with Gasteiger partial charge >= 0.3 is 5.97 Å². The van der Waals surface area contributed by atoms with Gasteiger partial charge < -0.3 is 10.4 Å². The van der Waals surface area contributed by atoms with E-state index in [2.05, 4.69) is 19.2 Å². The highest BCUT2D eigenvalue weighted by Crippen LogP contribution is 2.18. The Morgan fingerprint density at radius 2 is 1.70 bits per heavy atom. The van der Waals surface area contributed by atoms with Gasteiger partial charge in [0.05, 0.1) is 12.5 Å². The maximum atomic E-state index is 12.0. The van der Waals surface area contributed by atoms with Gasteiger partial charge in [-0.2, -0.15) is 0 Å². The monoisotopic (exact) mass is 277 g/mol. The Morgan fingerprint density at radius 3 is 2.20 bits per heavy atom. The first-order chi connectivity index (χ1) is 9.56. The fraction of sp³-hybridized carbons (Fsp3) is 0.500. The number of amides is 1. The molecule has 4 heteroatoms. The summed E-state index contributed by atoms with van der Waals surface area (Å²) in [5.74, 6) is -0.633. The van der Waals surface area contributed by atoms with Gasteiger partial charge in [-0.15, -0.1) is 0 Å². The fourth-order valence-electron chi connectivity index (χ4n) is 2.20. The standard InChI is InChI=1S/C16H23NO3/c1-3-12(4-2)10-15(18)17-14(11-16(19)20)13-8-6-5-7-9-13/h5-9,12,14H,3-4,10-11H2,1-2H3,(H,17,18)(H,19,20). The molecule has 0 aromatic heterocycles. The average molecular weight is 277 g/mol. The lowest BCUT2D eigenvalue weighted by Crippen LogP contribution is -2.31. The van der Waals surface area contributed by atoms with E-state index in [9.17, 15) is 9.59 Å². The molecule has 20 heavy (non-hydrogen) atoms. The largest absolute Gasteiger partial charge is 0.481 e. The summed E-state index contributed by atoms with van der Waals surface area (Å²) in [5.41, 5.74) is 0.827. The third-order valence-corrected chi connectivity index (χ3v) is 3.54. The molecule has 0 spiro atoms. The summed E-state index contributed by atoms with van der Waals surface area (Å²) in [5, 5.41) is 11.8. The van der Waals surface area contributed by atoms with Gasteiger partial charge in [-0.05, 0) is 11.5 Å². The second-order valence-electron chi connectivity index (χ2n) is 5.02. The van der Waals surface area contributed by atoms with E-state index in [0.29, 0.717) is 12.3 Å². The molecule has 2 N–H and O–H groups in total. The smallest absolute Gasteiger partial charge is 0.305 e. The van der Waals surface area contributed by atoms with E-state index in [1.54, 1.807) is 0 Å². The maximum absolute atomic E-state index is 12.0. The van der Waals surface area contributed by atoms with E-state index in [-0.39, 0.29) is 12.3 Å².